The Hall–Kier alpha value is -1.89. The van der Waals surface area contributed by atoms with Gasteiger partial charge >= 0.3 is 0 Å². The molecular weight excluding hydrogens is 368 g/mol. The second-order valence-corrected chi connectivity index (χ2v) is 8.20. The summed E-state index contributed by atoms with van der Waals surface area (Å²) in [6.07, 6.45) is 0. The van der Waals surface area contributed by atoms with Crippen LogP contribution in [-0.4, -0.2) is 51.7 Å². The average Bonchev–Trinajstić information content (AvgIpc) is 3.19. The summed E-state index contributed by atoms with van der Waals surface area (Å²) in [6.45, 7) is 6.18. The van der Waals surface area contributed by atoms with Gasteiger partial charge in [-0.15, -0.1) is 11.3 Å². The molecule has 0 spiro atoms. The minimum atomic E-state index is 0.136. The smallest absolute Gasteiger partial charge is 0.264 e. The van der Waals surface area contributed by atoms with E-state index in [1.165, 1.54) is 16.9 Å². The Kier molecular flexibility index (Phi) is 4.73. The number of aromatic nitrogens is 2. The zero-order valence-electron chi connectivity index (χ0n) is 14.9. The van der Waals surface area contributed by atoms with E-state index in [2.05, 4.69) is 22.1 Å². The molecule has 2 aromatic heterocycles. The maximum absolute atomic E-state index is 12.9. The van der Waals surface area contributed by atoms with Crippen LogP contribution in [-0.2, 0) is 13.6 Å². The monoisotopic (exact) mass is 388 g/mol. The molecule has 136 valence electrons. The van der Waals surface area contributed by atoms with Gasteiger partial charge in [0.1, 0.15) is 4.83 Å². The molecule has 0 saturated carbocycles. The number of halogens is 1. The molecule has 1 saturated heterocycles. The highest BCUT2D eigenvalue weighted by molar-refractivity contribution is 7.20. The van der Waals surface area contributed by atoms with Gasteiger partial charge in [0, 0.05) is 50.2 Å². The molecule has 0 atom stereocenters. The Bertz CT molecular complexity index is 904. The van der Waals surface area contributed by atoms with Gasteiger partial charge in [-0.2, -0.15) is 5.10 Å². The minimum Gasteiger partial charge on any atom is -0.335 e. The number of fused-ring (bicyclic) bond motifs is 1. The van der Waals surface area contributed by atoms with Gasteiger partial charge in [-0.3, -0.25) is 14.4 Å². The summed E-state index contributed by atoms with van der Waals surface area (Å²) in [5.41, 5.74) is 2.23. The van der Waals surface area contributed by atoms with E-state index in [1.54, 1.807) is 0 Å². The number of nitrogens with zero attached hydrogens (tertiary/aromatic N) is 4. The van der Waals surface area contributed by atoms with Gasteiger partial charge in [0.25, 0.3) is 5.91 Å². The number of aryl methyl sites for hydroxylation is 2. The number of piperazine rings is 1. The van der Waals surface area contributed by atoms with Crippen molar-refractivity contribution in [3.8, 4) is 0 Å². The van der Waals surface area contributed by atoms with Gasteiger partial charge in [0.2, 0.25) is 0 Å². The molecule has 0 N–H and O–H groups in total. The molecule has 1 aromatic carbocycles. The third-order valence-electron chi connectivity index (χ3n) is 4.89. The lowest BCUT2D eigenvalue weighted by Crippen LogP contribution is -2.48. The quantitative estimate of drug-likeness (QED) is 0.689. The maximum Gasteiger partial charge on any atom is 0.264 e. The fraction of sp³-hybridized carbons (Fsp3) is 0.368. The number of thiophene rings is 1. The molecule has 4 rings (SSSR count). The second kappa shape index (κ2) is 7.02. The summed E-state index contributed by atoms with van der Waals surface area (Å²) in [5.74, 6) is 0.136. The highest BCUT2D eigenvalue weighted by Gasteiger charge is 2.24. The molecular formula is C19H21ClN4OS. The third-order valence-corrected chi connectivity index (χ3v) is 6.33. The Morgan fingerprint density at radius 2 is 1.88 bits per heavy atom. The number of amides is 1. The van der Waals surface area contributed by atoms with Gasteiger partial charge in [0.15, 0.2) is 0 Å². The van der Waals surface area contributed by atoms with Crippen LogP contribution in [0.1, 0.15) is 20.9 Å². The van der Waals surface area contributed by atoms with E-state index in [1.807, 2.05) is 41.8 Å². The molecule has 1 aliphatic rings. The summed E-state index contributed by atoms with van der Waals surface area (Å²) in [7, 11) is 1.93. The van der Waals surface area contributed by atoms with Gasteiger partial charge in [-0.25, -0.2) is 0 Å². The van der Waals surface area contributed by atoms with Crippen molar-refractivity contribution in [3.63, 3.8) is 0 Å². The lowest BCUT2D eigenvalue weighted by molar-refractivity contribution is 0.0633. The van der Waals surface area contributed by atoms with Crippen LogP contribution in [0.5, 0.6) is 0 Å². The number of hydrogen-bond acceptors (Lipinski definition) is 4. The van der Waals surface area contributed by atoms with Crippen LogP contribution >= 0.6 is 22.9 Å². The molecule has 1 amide bonds. The van der Waals surface area contributed by atoms with Crippen molar-refractivity contribution in [1.82, 2.24) is 19.6 Å². The molecule has 1 aliphatic heterocycles. The van der Waals surface area contributed by atoms with E-state index >= 15 is 0 Å². The molecule has 0 radical (unpaired) electrons. The van der Waals surface area contributed by atoms with Crippen molar-refractivity contribution in [3.05, 3.63) is 51.5 Å². The highest BCUT2D eigenvalue weighted by atomic mass is 35.5. The number of hydrogen-bond donors (Lipinski definition) is 0. The molecule has 5 nitrogen and oxygen atoms in total. The molecule has 1 fully saturated rings. The van der Waals surface area contributed by atoms with Crippen LogP contribution in [0.2, 0.25) is 5.02 Å². The summed E-state index contributed by atoms with van der Waals surface area (Å²) in [4.78, 5) is 19.1. The normalized spacial score (nSPS) is 15.7. The topological polar surface area (TPSA) is 41.4 Å². The van der Waals surface area contributed by atoms with Crippen molar-refractivity contribution < 1.29 is 4.79 Å². The van der Waals surface area contributed by atoms with Gasteiger partial charge < -0.3 is 4.90 Å². The molecule has 0 unspecified atom stereocenters. The van der Waals surface area contributed by atoms with Crippen LogP contribution in [0.15, 0.2) is 30.3 Å². The predicted molar refractivity (Wildman–Crippen MR) is 106 cm³/mol. The maximum atomic E-state index is 12.9. The summed E-state index contributed by atoms with van der Waals surface area (Å²) in [5, 5.41) is 6.25. The van der Waals surface area contributed by atoms with Gasteiger partial charge in [-0.05, 0) is 30.7 Å². The van der Waals surface area contributed by atoms with Crippen LogP contribution in [0.3, 0.4) is 0 Å². The fourth-order valence-corrected chi connectivity index (χ4v) is 4.64. The average molecular weight is 389 g/mol. The van der Waals surface area contributed by atoms with Crippen molar-refractivity contribution in [2.75, 3.05) is 26.2 Å². The second-order valence-electron chi connectivity index (χ2n) is 6.73. The highest BCUT2D eigenvalue weighted by Crippen LogP contribution is 2.28. The van der Waals surface area contributed by atoms with Crippen molar-refractivity contribution in [2.24, 2.45) is 7.05 Å². The summed E-state index contributed by atoms with van der Waals surface area (Å²) >= 11 is 7.48. The Morgan fingerprint density at radius 1 is 1.19 bits per heavy atom. The fourth-order valence-electron chi connectivity index (χ4n) is 3.42. The molecule has 0 aliphatic carbocycles. The van der Waals surface area contributed by atoms with Crippen LogP contribution in [0, 0.1) is 6.92 Å². The molecule has 3 aromatic rings. The first-order valence-corrected chi connectivity index (χ1v) is 9.90. The van der Waals surface area contributed by atoms with Crippen molar-refractivity contribution in [1.29, 1.82) is 0 Å². The predicted octanol–water partition coefficient (Wildman–Crippen LogP) is 3.55. The van der Waals surface area contributed by atoms with Crippen LogP contribution < -0.4 is 0 Å². The summed E-state index contributed by atoms with van der Waals surface area (Å²) < 4.78 is 1.86. The van der Waals surface area contributed by atoms with Gasteiger partial charge in [0.05, 0.1) is 10.6 Å². The number of rotatable bonds is 3. The number of carbonyl (C=O) groups excluding carboxylic acids is 1. The van der Waals surface area contributed by atoms with Crippen LogP contribution in [0.4, 0.5) is 0 Å². The lowest BCUT2D eigenvalue weighted by Gasteiger charge is -2.34. The molecule has 26 heavy (non-hydrogen) atoms. The van der Waals surface area contributed by atoms with E-state index in [0.717, 1.165) is 58.5 Å². The molecule has 0 bridgehead atoms. The zero-order chi connectivity index (χ0) is 18.3. The number of carbonyl (C=O) groups is 1. The van der Waals surface area contributed by atoms with E-state index in [9.17, 15) is 4.79 Å². The van der Waals surface area contributed by atoms with Crippen molar-refractivity contribution >= 4 is 39.1 Å². The van der Waals surface area contributed by atoms with E-state index in [4.69, 9.17) is 11.6 Å². The van der Waals surface area contributed by atoms with Crippen LogP contribution in [0.25, 0.3) is 10.2 Å². The standard InChI is InChI=1S/C19H21ClN4OS/c1-13-16-11-17(26-19(16)22(2)21-13)18(25)24-9-7-23(8-10-24)12-14-3-5-15(20)6-4-14/h3-6,11H,7-10,12H2,1-2H3. The molecule has 3 heterocycles. The van der Waals surface area contributed by atoms with E-state index in [0.29, 0.717) is 0 Å². The van der Waals surface area contributed by atoms with E-state index < -0.39 is 0 Å². The third kappa shape index (κ3) is 3.37. The zero-order valence-corrected chi connectivity index (χ0v) is 16.5. The Morgan fingerprint density at radius 3 is 2.54 bits per heavy atom. The Balaban J connectivity index is 1.39. The van der Waals surface area contributed by atoms with Crippen molar-refractivity contribution in [2.45, 2.75) is 13.5 Å². The Labute approximate surface area is 161 Å². The number of benzene rings is 1. The summed E-state index contributed by atoms with van der Waals surface area (Å²) in [6, 6.07) is 9.97. The van der Waals surface area contributed by atoms with E-state index in [-0.39, 0.29) is 5.91 Å². The minimum absolute atomic E-state index is 0.136. The largest absolute Gasteiger partial charge is 0.335 e. The molecule has 7 heteroatoms. The first-order valence-electron chi connectivity index (χ1n) is 8.70. The lowest BCUT2D eigenvalue weighted by atomic mass is 10.2. The first kappa shape index (κ1) is 17.5. The SMILES string of the molecule is Cc1nn(C)c2sc(C(=O)N3CCN(Cc4ccc(Cl)cc4)CC3)cc12. The van der Waals surface area contributed by atoms with Gasteiger partial charge in [-0.1, -0.05) is 23.7 Å². The first-order chi connectivity index (χ1) is 12.5.